The lowest BCUT2D eigenvalue weighted by Crippen LogP contribution is -2.10. The van der Waals surface area contributed by atoms with E-state index in [1.54, 1.807) is 13.0 Å². The lowest BCUT2D eigenvalue weighted by atomic mass is 10.1. The molecule has 2 rings (SSSR count). The fraction of sp³-hybridized carbons (Fsp3) is 0.412. The van der Waals surface area contributed by atoms with Crippen molar-refractivity contribution >= 4 is 11.5 Å². The number of Topliss-reactive ketones (excluding diaryl/α,β-unsaturated/α-hetero) is 1. The van der Waals surface area contributed by atoms with Gasteiger partial charge in [0.15, 0.2) is 5.78 Å². The highest BCUT2D eigenvalue weighted by atomic mass is 16.5. The maximum Gasteiger partial charge on any atom is 0.163 e. The number of hydrogen-bond acceptors (Lipinski definition) is 5. The largest absolute Gasteiger partial charge is 0.488 e. The number of rotatable bonds is 6. The van der Waals surface area contributed by atoms with Gasteiger partial charge in [0.25, 0.3) is 0 Å². The van der Waals surface area contributed by atoms with Crippen LogP contribution in [-0.4, -0.2) is 25.0 Å². The van der Waals surface area contributed by atoms with Gasteiger partial charge in [-0.2, -0.15) is 0 Å². The van der Waals surface area contributed by atoms with E-state index < -0.39 is 0 Å². The lowest BCUT2D eigenvalue weighted by molar-refractivity contribution is 0.101. The van der Waals surface area contributed by atoms with Crippen molar-refractivity contribution in [2.24, 2.45) is 0 Å². The molecule has 0 fully saturated rings. The summed E-state index contributed by atoms with van der Waals surface area (Å²) in [5, 5.41) is 4.02. The zero-order chi connectivity index (χ0) is 16.3. The van der Waals surface area contributed by atoms with Crippen molar-refractivity contribution in [3.8, 4) is 5.75 Å². The second kappa shape index (κ2) is 6.64. The molecule has 0 aliphatic heterocycles. The van der Waals surface area contributed by atoms with E-state index in [1.807, 2.05) is 45.0 Å². The molecule has 0 spiro atoms. The number of aryl methyl sites for hydroxylation is 2. The summed E-state index contributed by atoms with van der Waals surface area (Å²) >= 11 is 0. The van der Waals surface area contributed by atoms with Crippen LogP contribution in [0.25, 0.3) is 0 Å². The van der Waals surface area contributed by atoms with Crippen LogP contribution in [0, 0.1) is 6.92 Å². The molecule has 0 amide bonds. The summed E-state index contributed by atoms with van der Waals surface area (Å²) in [5.74, 6) is 1.32. The van der Waals surface area contributed by atoms with Crippen LogP contribution in [-0.2, 0) is 13.0 Å². The maximum atomic E-state index is 11.8. The molecule has 0 bridgehead atoms. The molecule has 5 nitrogen and oxygen atoms in total. The Kier molecular flexibility index (Phi) is 4.85. The predicted molar refractivity (Wildman–Crippen MR) is 85.7 cm³/mol. The SMILES string of the molecule is CCc1noc(C)c1COc1cc(N(C)C)ccc1C(C)=O. The highest BCUT2D eigenvalue weighted by molar-refractivity contribution is 5.97. The summed E-state index contributed by atoms with van der Waals surface area (Å²) in [6, 6.07) is 5.59. The van der Waals surface area contributed by atoms with E-state index in [4.69, 9.17) is 9.26 Å². The van der Waals surface area contributed by atoms with Crippen molar-refractivity contribution < 1.29 is 14.1 Å². The van der Waals surface area contributed by atoms with Crippen molar-refractivity contribution in [1.29, 1.82) is 0 Å². The highest BCUT2D eigenvalue weighted by Crippen LogP contribution is 2.27. The van der Waals surface area contributed by atoms with Crippen molar-refractivity contribution in [2.75, 3.05) is 19.0 Å². The van der Waals surface area contributed by atoms with Gasteiger partial charge < -0.3 is 14.2 Å². The molecular weight excluding hydrogens is 280 g/mol. The molecule has 2 aromatic rings. The number of aromatic nitrogens is 1. The van der Waals surface area contributed by atoms with E-state index >= 15 is 0 Å². The van der Waals surface area contributed by atoms with Crippen LogP contribution in [0.3, 0.4) is 0 Å². The summed E-state index contributed by atoms with van der Waals surface area (Å²) in [4.78, 5) is 13.7. The van der Waals surface area contributed by atoms with Gasteiger partial charge in [-0.15, -0.1) is 0 Å². The van der Waals surface area contributed by atoms with Crippen molar-refractivity contribution in [2.45, 2.75) is 33.8 Å². The molecule has 118 valence electrons. The molecule has 0 saturated carbocycles. The van der Waals surface area contributed by atoms with Crippen molar-refractivity contribution in [3.63, 3.8) is 0 Å². The Bertz CT molecular complexity index is 675. The highest BCUT2D eigenvalue weighted by Gasteiger charge is 2.15. The third-order valence-corrected chi connectivity index (χ3v) is 3.63. The summed E-state index contributed by atoms with van der Waals surface area (Å²) in [6.07, 6.45) is 0.785. The summed E-state index contributed by atoms with van der Waals surface area (Å²) in [7, 11) is 3.90. The van der Waals surface area contributed by atoms with Gasteiger partial charge in [0, 0.05) is 25.8 Å². The van der Waals surface area contributed by atoms with Crippen LogP contribution in [0.5, 0.6) is 5.75 Å². The van der Waals surface area contributed by atoms with Crippen LogP contribution in [0.1, 0.15) is 41.2 Å². The maximum absolute atomic E-state index is 11.8. The molecule has 1 heterocycles. The zero-order valence-corrected chi connectivity index (χ0v) is 13.8. The molecule has 0 atom stereocenters. The normalized spacial score (nSPS) is 10.6. The molecule has 0 saturated heterocycles. The monoisotopic (exact) mass is 302 g/mol. The molecule has 5 heteroatoms. The summed E-state index contributed by atoms with van der Waals surface area (Å²) in [6.45, 7) is 5.77. The standard InChI is InChI=1S/C17H22N2O3/c1-6-16-15(12(3)22-18-16)10-21-17-9-13(19(4)5)7-8-14(17)11(2)20/h7-9H,6,10H2,1-5H3. The number of nitrogens with zero attached hydrogens (tertiary/aromatic N) is 2. The Morgan fingerprint density at radius 1 is 1.36 bits per heavy atom. The predicted octanol–water partition coefficient (Wildman–Crippen LogP) is 3.39. The average Bonchev–Trinajstić information content (AvgIpc) is 2.84. The summed E-state index contributed by atoms with van der Waals surface area (Å²) in [5.41, 5.74) is 3.41. The minimum Gasteiger partial charge on any atom is -0.488 e. The molecule has 0 unspecified atom stereocenters. The van der Waals surface area contributed by atoms with E-state index in [0.29, 0.717) is 17.9 Å². The van der Waals surface area contributed by atoms with Gasteiger partial charge in [-0.05, 0) is 32.4 Å². The summed E-state index contributed by atoms with van der Waals surface area (Å²) < 4.78 is 11.1. The molecule has 0 aliphatic rings. The van der Waals surface area contributed by atoms with Crippen LogP contribution in [0.2, 0.25) is 0 Å². The number of carbonyl (C=O) groups excluding carboxylic acids is 1. The molecule has 0 radical (unpaired) electrons. The van der Waals surface area contributed by atoms with Gasteiger partial charge in [-0.3, -0.25) is 4.79 Å². The molecule has 0 aliphatic carbocycles. The topological polar surface area (TPSA) is 55.6 Å². The van der Waals surface area contributed by atoms with Gasteiger partial charge in [0.1, 0.15) is 18.1 Å². The van der Waals surface area contributed by atoms with E-state index in [-0.39, 0.29) is 5.78 Å². The van der Waals surface area contributed by atoms with Gasteiger partial charge in [-0.1, -0.05) is 12.1 Å². The molecule has 0 N–H and O–H groups in total. The number of hydrogen-bond donors (Lipinski definition) is 0. The Balaban J connectivity index is 2.29. The molecule has 1 aromatic carbocycles. The number of ether oxygens (including phenoxy) is 1. The third kappa shape index (κ3) is 3.30. The fourth-order valence-electron chi connectivity index (χ4n) is 2.25. The van der Waals surface area contributed by atoms with Gasteiger partial charge >= 0.3 is 0 Å². The van der Waals surface area contributed by atoms with Crippen LogP contribution >= 0.6 is 0 Å². The Hall–Kier alpha value is -2.30. The van der Waals surface area contributed by atoms with Crippen LogP contribution in [0.4, 0.5) is 5.69 Å². The first-order valence-electron chi connectivity index (χ1n) is 7.33. The van der Waals surface area contributed by atoms with Crippen LogP contribution < -0.4 is 9.64 Å². The molecule has 1 aromatic heterocycles. The van der Waals surface area contributed by atoms with E-state index in [1.165, 1.54) is 0 Å². The first-order valence-corrected chi connectivity index (χ1v) is 7.33. The second-order valence-corrected chi connectivity index (χ2v) is 5.44. The third-order valence-electron chi connectivity index (χ3n) is 3.63. The van der Waals surface area contributed by atoms with E-state index in [9.17, 15) is 4.79 Å². The van der Waals surface area contributed by atoms with Crippen molar-refractivity contribution in [3.05, 3.63) is 40.8 Å². The number of ketones is 1. The molecule has 22 heavy (non-hydrogen) atoms. The Morgan fingerprint density at radius 2 is 2.09 bits per heavy atom. The minimum absolute atomic E-state index is 0.0157. The van der Waals surface area contributed by atoms with Crippen molar-refractivity contribution in [1.82, 2.24) is 5.16 Å². The first-order chi connectivity index (χ1) is 10.4. The first kappa shape index (κ1) is 16.1. The van der Waals surface area contributed by atoms with E-state index in [0.717, 1.165) is 29.1 Å². The Morgan fingerprint density at radius 3 is 2.68 bits per heavy atom. The van der Waals surface area contributed by atoms with Crippen LogP contribution in [0.15, 0.2) is 22.7 Å². The quantitative estimate of drug-likeness (QED) is 0.766. The van der Waals surface area contributed by atoms with Gasteiger partial charge in [0.2, 0.25) is 0 Å². The average molecular weight is 302 g/mol. The molecular formula is C17H22N2O3. The van der Waals surface area contributed by atoms with Gasteiger partial charge in [-0.25, -0.2) is 0 Å². The number of benzene rings is 1. The van der Waals surface area contributed by atoms with Gasteiger partial charge in [0.05, 0.1) is 16.8 Å². The minimum atomic E-state index is -0.0157. The zero-order valence-electron chi connectivity index (χ0n) is 13.8. The lowest BCUT2D eigenvalue weighted by Gasteiger charge is -2.16. The number of anilines is 1. The smallest absolute Gasteiger partial charge is 0.163 e. The fourth-order valence-corrected chi connectivity index (χ4v) is 2.25. The van der Waals surface area contributed by atoms with E-state index in [2.05, 4.69) is 5.16 Å². The number of carbonyl (C=O) groups is 1. The Labute approximate surface area is 130 Å². The second-order valence-electron chi connectivity index (χ2n) is 5.44.